The minimum absolute atomic E-state index is 0.231. The number of hydrogen-bond donors (Lipinski definition) is 0. The van der Waals surface area contributed by atoms with Gasteiger partial charge in [0, 0.05) is 0 Å². The zero-order valence-electron chi connectivity index (χ0n) is 6.61. The van der Waals surface area contributed by atoms with Gasteiger partial charge in [0.25, 0.3) is 5.17 Å². The molecule has 66 valence electrons. The van der Waals surface area contributed by atoms with E-state index in [-0.39, 0.29) is 17.1 Å². The SMILES string of the molecule is Fc1ccc(C2C=NC(=S)O2)cc1. The Morgan fingerprint density at radius 2 is 2.00 bits per heavy atom. The van der Waals surface area contributed by atoms with Crippen molar-refractivity contribution >= 4 is 23.6 Å². The van der Waals surface area contributed by atoms with Crippen LogP contribution in [-0.2, 0) is 4.74 Å². The van der Waals surface area contributed by atoms with Crippen LogP contribution in [0.2, 0.25) is 0 Å². The molecule has 1 atom stereocenters. The highest BCUT2D eigenvalue weighted by Crippen LogP contribution is 2.20. The zero-order valence-corrected chi connectivity index (χ0v) is 7.42. The highest BCUT2D eigenvalue weighted by molar-refractivity contribution is 7.80. The minimum atomic E-state index is -0.263. The van der Waals surface area contributed by atoms with Crippen molar-refractivity contribution in [1.82, 2.24) is 0 Å². The van der Waals surface area contributed by atoms with Gasteiger partial charge in [-0.05, 0) is 29.9 Å². The number of aliphatic imine (C=N–C) groups is 1. The number of halogens is 1. The number of thiocarbonyl (C=S) groups is 1. The standard InChI is InChI=1S/C9H6FNOS/c10-7-3-1-6(2-4-7)8-5-11-9(13)12-8/h1-5,8H. The van der Waals surface area contributed by atoms with E-state index in [0.29, 0.717) is 0 Å². The second-order valence-corrected chi connectivity index (χ2v) is 2.98. The summed E-state index contributed by atoms with van der Waals surface area (Å²) in [5, 5.41) is 0.231. The summed E-state index contributed by atoms with van der Waals surface area (Å²) in [5.74, 6) is -0.263. The zero-order chi connectivity index (χ0) is 9.26. The third kappa shape index (κ3) is 1.72. The number of benzene rings is 1. The summed E-state index contributed by atoms with van der Waals surface area (Å²) in [6.07, 6.45) is 1.35. The van der Waals surface area contributed by atoms with Gasteiger partial charge in [-0.2, -0.15) is 0 Å². The van der Waals surface area contributed by atoms with E-state index in [1.807, 2.05) is 0 Å². The van der Waals surface area contributed by atoms with Crippen molar-refractivity contribution in [3.63, 3.8) is 0 Å². The molecule has 0 amide bonds. The quantitative estimate of drug-likeness (QED) is 0.641. The lowest BCUT2D eigenvalue weighted by atomic mass is 10.1. The van der Waals surface area contributed by atoms with Crippen molar-refractivity contribution in [1.29, 1.82) is 0 Å². The Bertz CT molecular complexity index is 360. The largest absolute Gasteiger partial charge is 0.455 e. The Morgan fingerprint density at radius 1 is 1.31 bits per heavy atom. The smallest absolute Gasteiger partial charge is 0.284 e. The second kappa shape index (κ2) is 3.22. The maximum atomic E-state index is 12.6. The molecule has 1 unspecified atom stereocenters. The van der Waals surface area contributed by atoms with Gasteiger partial charge in [-0.1, -0.05) is 12.1 Å². The molecule has 1 aliphatic heterocycles. The molecule has 0 fully saturated rings. The lowest BCUT2D eigenvalue weighted by Gasteiger charge is -2.06. The third-order valence-electron chi connectivity index (χ3n) is 1.74. The van der Waals surface area contributed by atoms with E-state index < -0.39 is 0 Å². The Morgan fingerprint density at radius 3 is 2.54 bits per heavy atom. The molecule has 2 rings (SSSR count). The fourth-order valence-corrected chi connectivity index (χ4v) is 1.27. The number of nitrogens with zero attached hydrogens (tertiary/aromatic N) is 1. The van der Waals surface area contributed by atoms with Gasteiger partial charge in [0.05, 0.1) is 6.21 Å². The molecule has 0 aliphatic carbocycles. The van der Waals surface area contributed by atoms with Crippen LogP contribution in [0.1, 0.15) is 11.7 Å². The van der Waals surface area contributed by atoms with Crippen LogP contribution in [0.25, 0.3) is 0 Å². The summed E-state index contributed by atoms with van der Waals surface area (Å²) < 4.78 is 17.7. The molecule has 0 bridgehead atoms. The Balaban J connectivity index is 2.22. The predicted molar refractivity (Wildman–Crippen MR) is 51.3 cm³/mol. The van der Waals surface area contributed by atoms with Gasteiger partial charge in [-0.15, -0.1) is 0 Å². The molecule has 0 saturated heterocycles. The lowest BCUT2D eigenvalue weighted by molar-refractivity contribution is 0.282. The Hall–Kier alpha value is -1.29. The predicted octanol–water partition coefficient (Wildman–Crippen LogP) is 2.25. The van der Waals surface area contributed by atoms with Gasteiger partial charge in [0.2, 0.25) is 0 Å². The molecule has 2 nitrogen and oxygen atoms in total. The van der Waals surface area contributed by atoms with Crippen LogP contribution in [0.15, 0.2) is 29.3 Å². The molecule has 13 heavy (non-hydrogen) atoms. The summed E-state index contributed by atoms with van der Waals surface area (Å²) >= 11 is 4.73. The van der Waals surface area contributed by atoms with Crippen LogP contribution in [0.3, 0.4) is 0 Å². The highest BCUT2D eigenvalue weighted by atomic mass is 32.1. The van der Waals surface area contributed by atoms with Crippen molar-refractivity contribution in [2.45, 2.75) is 6.10 Å². The van der Waals surface area contributed by atoms with Crippen LogP contribution in [0, 0.1) is 5.82 Å². The lowest BCUT2D eigenvalue weighted by Crippen LogP contribution is -2.00. The van der Waals surface area contributed by atoms with Gasteiger partial charge in [-0.3, -0.25) is 0 Å². The first-order chi connectivity index (χ1) is 6.25. The van der Waals surface area contributed by atoms with Crippen molar-refractivity contribution in [2.24, 2.45) is 4.99 Å². The molecule has 1 heterocycles. The molecule has 4 heteroatoms. The van der Waals surface area contributed by atoms with E-state index in [1.54, 1.807) is 18.3 Å². The van der Waals surface area contributed by atoms with Crippen molar-refractivity contribution in [2.75, 3.05) is 0 Å². The average Bonchev–Trinajstić information content (AvgIpc) is 2.53. The topological polar surface area (TPSA) is 21.6 Å². The summed E-state index contributed by atoms with van der Waals surface area (Å²) in [6.45, 7) is 0. The van der Waals surface area contributed by atoms with E-state index in [1.165, 1.54) is 12.1 Å². The molecule has 0 saturated carbocycles. The molecule has 1 aromatic rings. The van der Waals surface area contributed by atoms with E-state index in [0.717, 1.165) is 5.56 Å². The van der Waals surface area contributed by atoms with Crippen molar-refractivity contribution in [3.05, 3.63) is 35.6 Å². The first-order valence-corrected chi connectivity index (χ1v) is 4.17. The van der Waals surface area contributed by atoms with Gasteiger partial charge >= 0.3 is 0 Å². The molecule has 1 aliphatic rings. The summed E-state index contributed by atoms with van der Waals surface area (Å²) in [5.41, 5.74) is 0.852. The Kier molecular flexibility index (Phi) is 2.06. The molecule has 0 N–H and O–H groups in total. The maximum Gasteiger partial charge on any atom is 0.284 e. The van der Waals surface area contributed by atoms with Gasteiger partial charge < -0.3 is 4.74 Å². The highest BCUT2D eigenvalue weighted by Gasteiger charge is 2.17. The molecule has 0 spiro atoms. The van der Waals surface area contributed by atoms with Crippen LogP contribution in [0.5, 0.6) is 0 Å². The van der Waals surface area contributed by atoms with Crippen LogP contribution in [-0.4, -0.2) is 11.4 Å². The summed E-state index contributed by atoms with van der Waals surface area (Å²) in [7, 11) is 0. The van der Waals surface area contributed by atoms with E-state index in [2.05, 4.69) is 4.99 Å². The number of rotatable bonds is 1. The third-order valence-corrected chi connectivity index (χ3v) is 1.94. The first kappa shape index (κ1) is 8.31. The fraction of sp³-hybridized carbons (Fsp3) is 0.111. The van der Waals surface area contributed by atoms with E-state index in [4.69, 9.17) is 17.0 Å². The van der Waals surface area contributed by atoms with Gasteiger partial charge in [0.15, 0.2) is 6.10 Å². The fourth-order valence-electron chi connectivity index (χ4n) is 1.10. The van der Waals surface area contributed by atoms with Crippen LogP contribution in [0.4, 0.5) is 4.39 Å². The van der Waals surface area contributed by atoms with E-state index in [9.17, 15) is 4.39 Å². The number of hydrogen-bond acceptors (Lipinski definition) is 2. The monoisotopic (exact) mass is 195 g/mol. The summed E-state index contributed by atoms with van der Waals surface area (Å²) in [4.78, 5) is 3.81. The molecular formula is C9H6FNOS. The van der Waals surface area contributed by atoms with E-state index >= 15 is 0 Å². The molecule has 1 aromatic carbocycles. The summed E-state index contributed by atoms with van der Waals surface area (Å²) in [6, 6.07) is 6.07. The van der Waals surface area contributed by atoms with Gasteiger partial charge in [0.1, 0.15) is 5.82 Å². The van der Waals surface area contributed by atoms with Crippen molar-refractivity contribution in [3.8, 4) is 0 Å². The molecule has 0 radical (unpaired) electrons. The molecule has 0 aromatic heterocycles. The van der Waals surface area contributed by atoms with Crippen LogP contribution >= 0.6 is 12.2 Å². The first-order valence-electron chi connectivity index (χ1n) is 3.76. The molecular weight excluding hydrogens is 189 g/mol. The second-order valence-electron chi connectivity index (χ2n) is 2.63. The van der Waals surface area contributed by atoms with Gasteiger partial charge in [-0.25, -0.2) is 9.38 Å². The normalized spacial score (nSPS) is 20.4. The maximum absolute atomic E-state index is 12.6. The van der Waals surface area contributed by atoms with Crippen LogP contribution < -0.4 is 0 Å². The number of ether oxygens (including phenoxy) is 1. The average molecular weight is 195 g/mol. The van der Waals surface area contributed by atoms with Crippen molar-refractivity contribution < 1.29 is 9.13 Å². The Labute approximate surface area is 80.1 Å². The minimum Gasteiger partial charge on any atom is -0.455 e.